The van der Waals surface area contributed by atoms with Gasteiger partial charge in [-0.2, -0.15) is 0 Å². The number of nitrogens with one attached hydrogen (secondary N) is 1. The van der Waals surface area contributed by atoms with Crippen LogP contribution in [0, 0.1) is 0 Å². The van der Waals surface area contributed by atoms with E-state index in [1.54, 1.807) is 0 Å². The van der Waals surface area contributed by atoms with Gasteiger partial charge in [-0.05, 0) is 42.4 Å². The van der Waals surface area contributed by atoms with Crippen LogP contribution in [0.15, 0.2) is 33.5 Å². The summed E-state index contributed by atoms with van der Waals surface area (Å²) in [6, 6.07) is 6.50. The predicted molar refractivity (Wildman–Crippen MR) is 105 cm³/mol. The number of carbonyl (C=O) groups is 1. The molecule has 1 aromatic carbocycles. The highest BCUT2D eigenvalue weighted by molar-refractivity contribution is 7.99. The molecule has 0 atom stereocenters. The molecule has 26 heavy (non-hydrogen) atoms. The van der Waals surface area contributed by atoms with Gasteiger partial charge in [-0.1, -0.05) is 30.0 Å². The number of H-pyrrole nitrogens is 1. The Morgan fingerprint density at radius 2 is 2.08 bits per heavy atom. The first-order valence-corrected chi connectivity index (χ1v) is 10.5. The predicted octanol–water partition coefficient (Wildman–Crippen LogP) is 4.10. The minimum Gasteiger partial charge on any atom is -0.481 e. The van der Waals surface area contributed by atoms with E-state index in [4.69, 9.17) is 5.11 Å². The first kappa shape index (κ1) is 17.3. The number of aromatic nitrogens is 2. The summed E-state index contributed by atoms with van der Waals surface area (Å²) in [5.41, 5.74) is 4.63. The van der Waals surface area contributed by atoms with Crippen LogP contribution in [0.5, 0.6) is 0 Å². The summed E-state index contributed by atoms with van der Waals surface area (Å²) in [6.07, 6.45) is 4.75. The maximum atomic E-state index is 12.6. The van der Waals surface area contributed by atoms with Crippen LogP contribution in [0.3, 0.4) is 0 Å². The number of aliphatic carboxylic acids is 1. The van der Waals surface area contributed by atoms with Crippen molar-refractivity contribution in [1.29, 1.82) is 0 Å². The molecule has 0 amide bonds. The Morgan fingerprint density at radius 1 is 1.27 bits per heavy atom. The van der Waals surface area contributed by atoms with Crippen molar-refractivity contribution in [1.82, 2.24) is 9.97 Å². The molecular formula is C19H18N2O3S2. The van der Waals surface area contributed by atoms with Gasteiger partial charge in [0.1, 0.15) is 4.83 Å². The van der Waals surface area contributed by atoms with Crippen LogP contribution < -0.4 is 5.56 Å². The molecule has 5 nitrogen and oxygen atoms in total. The first-order chi connectivity index (χ1) is 12.6. The lowest BCUT2D eigenvalue weighted by molar-refractivity contribution is -0.136. The summed E-state index contributed by atoms with van der Waals surface area (Å²) in [7, 11) is 0. The van der Waals surface area contributed by atoms with Gasteiger partial charge in [0.2, 0.25) is 0 Å². The van der Waals surface area contributed by atoms with Crippen LogP contribution in [0.2, 0.25) is 0 Å². The summed E-state index contributed by atoms with van der Waals surface area (Å²) < 4.78 is 0. The highest BCUT2D eigenvalue weighted by atomic mass is 32.2. The van der Waals surface area contributed by atoms with E-state index in [1.807, 2.05) is 5.38 Å². The topological polar surface area (TPSA) is 83.0 Å². The fraction of sp³-hybridized carbons (Fsp3) is 0.316. The molecule has 0 unspecified atom stereocenters. The van der Waals surface area contributed by atoms with Crippen molar-refractivity contribution in [2.24, 2.45) is 0 Å². The number of carboxylic acids is 1. The molecule has 7 heteroatoms. The Labute approximate surface area is 158 Å². The molecule has 0 saturated carbocycles. The van der Waals surface area contributed by atoms with Gasteiger partial charge < -0.3 is 10.1 Å². The third kappa shape index (κ3) is 3.41. The number of hydrogen-bond acceptors (Lipinski definition) is 5. The molecule has 0 aliphatic heterocycles. The molecular weight excluding hydrogens is 368 g/mol. The Kier molecular flexibility index (Phi) is 4.82. The average Bonchev–Trinajstić information content (AvgIpc) is 3.05. The Bertz CT molecular complexity index is 1040. The second-order valence-corrected chi connectivity index (χ2v) is 8.33. The summed E-state index contributed by atoms with van der Waals surface area (Å²) in [5, 5.41) is 11.8. The monoisotopic (exact) mass is 386 g/mol. The van der Waals surface area contributed by atoms with Gasteiger partial charge in [0.15, 0.2) is 5.16 Å². The normalized spacial score (nSPS) is 13.7. The fourth-order valence-corrected chi connectivity index (χ4v) is 5.14. The molecule has 0 saturated heterocycles. The molecule has 4 rings (SSSR count). The van der Waals surface area contributed by atoms with Gasteiger partial charge in [0.25, 0.3) is 5.56 Å². The molecule has 2 N–H and O–H groups in total. The van der Waals surface area contributed by atoms with Crippen LogP contribution in [-0.4, -0.2) is 26.8 Å². The zero-order valence-electron chi connectivity index (χ0n) is 14.1. The molecule has 0 fully saturated rings. The van der Waals surface area contributed by atoms with E-state index in [2.05, 4.69) is 28.2 Å². The number of thiophene rings is 1. The zero-order valence-corrected chi connectivity index (χ0v) is 15.7. The third-order valence-corrected chi connectivity index (χ3v) is 6.38. The number of aryl methyl sites for hydroxylation is 2. The van der Waals surface area contributed by atoms with E-state index in [-0.39, 0.29) is 12.0 Å². The van der Waals surface area contributed by atoms with E-state index in [9.17, 15) is 9.59 Å². The van der Waals surface area contributed by atoms with Crippen molar-refractivity contribution >= 4 is 39.3 Å². The molecule has 1 aliphatic rings. The molecule has 2 heterocycles. The number of thioether (sulfide) groups is 1. The van der Waals surface area contributed by atoms with E-state index >= 15 is 0 Å². The number of benzene rings is 1. The SMILES string of the molecule is O=C(O)CCSc1nc2scc(-c3ccc4c(c3)CCCC4)c2c(=O)[nH]1. The second kappa shape index (κ2) is 7.25. The lowest BCUT2D eigenvalue weighted by Crippen LogP contribution is -2.09. The Balaban J connectivity index is 1.69. The van der Waals surface area contributed by atoms with Crippen LogP contribution in [0.4, 0.5) is 0 Å². The summed E-state index contributed by atoms with van der Waals surface area (Å²) >= 11 is 2.71. The maximum absolute atomic E-state index is 12.6. The second-order valence-electron chi connectivity index (χ2n) is 6.38. The summed E-state index contributed by atoms with van der Waals surface area (Å²) in [6.45, 7) is 0. The molecule has 0 radical (unpaired) electrons. The zero-order chi connectivity index (χ0) is 18.1. The Hall–Kier alpha value is -2.12. The van der Waals surface area contributed by atoms with Gasteiger partial charge in [0, 0.05) is 16.7 Å². The minimum atomic E-state index is -0.855. The standard InChI is InChI=1S/C19H18N2O3S2/c22-15(23)7-8-25-19-20-17(24)16-14(10-26-18(16)21-19)13-6-5-11-3-1-2-4-12(11)9-13/h5-6,9-10H,1-4,7-8H2,(H,22,23)(H,20,21,24). The van der Waals surface area contributed by atoms with Crippen molar-refractivity contribution in [2.75, 3.05) is 5.75 Å². The molecule has 134 valence electrons. The largest absolute Gasteiger partial charge is 0.481 e. The molecule has 0 spiro atoms. The highest BCUT2D eigenvalue weighted by Gasteiger charge is 2.16. The number of aromatic amines is 1. The summed E-state index contributed by atoms with van der Waals surface area (Å²) in [4.78, 5) is 31.2. The smallest absolute Gasteiger partial charge is 0.304 e. The van der Waals surface area contributed by atoms with Crippen LogP contribution >= 0.6 is 23.1 Å². The first-order valence-electron chi connectivity index (χ1n) is 8.60. The number of fused-ring (bicyclic) bond motifs is 2. The van der Waals surface area contributed by atoms with Crippen molar-refractivity contribution in [2.45, 2.75) is 37.3 Å². The van der Waals surface area contributed by atoms with E-state index in [0.29, 0.717) is 21.1 Å². The molecule has 1 aliphatic carbocycles. The van der Waals surface area contributed by atoms with Crippen LogP contribution in [0.1, 0.15) is 30.4 Å². The lowest BCUT2D eigenvalue weighted by Gasteiger charge is -2.16. The van der Waals surface area contributed by atoms with Gasteiger partial charge in [-0.25, -0.2) is 4.98 Å². The van der Waals surface area contributed by atoms with Crippen molar-refractivity contribution < 1.29 is 9.90 Å². The third-order valence-electron chi connectivity index (χ3n) is 4.64. The van der Waals surface area contributed by atoms with Crippen molar-refractivity contribution in [3.63, 3.8) is 0 Å². The van der Waals surface area contributed by atoms with Gasteiger partial charge in [-0.15, -0.1) is 11.3 Å². The number of hydrogen-bond donors (Lipinski definition) is 2. The van der Waals surface area contributed by atoms with E-state index < -0.39 is 5.97 Å². The number of rotatable bonds is 5. The summed E-state index contributed by atoms with van der Waals surface area (Å²) in [5.74, 6) is -0.473. The van der Waals surface area contributed by atoms with Crippen LogP contribution in [-0.2, 0) is 17.6 Å². The van der Waals surface area contributed by atoms with Crippen molar-refractivity contribution in [3.05, 3.63) is 45.1 Å². The van der Waals surface area contributed by atoms with Crippen LogP contribution in [0.25, 0.3) is 21.3 Å². The molecule has 3 aromatic rings. The fourth-order valence-electron chi connectivity index (χ4n) is 3.35. The van der Waals surface area contributed by atoms with Gasteiger partial charge >= 0.3 is 5.97 Å². The number of nitrogens with zero attached hydrogens (tertiary/aromatic N) is 1. The quantitative estimate of drug-likeness (QED) is 0.510. The highest BCUT2D eigenvalue weighted by Crippen LogP contribution is 2.34. The average molecular weight is 386 g/mol. The van der Waals surface area contributed by atoms with E-state index in [1.165, 1.54) is 47.1 Å². The molecule has 0 bridgehead atoms. The van der Waals surface area contributed by atoms with E-state index in [0.717, 1.165) is 24.0 Å². The van der Waals surface area contributed by atoms with Gasteiger partial charge in [0.05, 0.1) is 11.8 Å². The van der Waals surface area contributed by atoms with Crippen molar-refractivity contribution in [3.8, 4) is 11.1 Å². The molecule has 2 aromatic heterocycles. The van der Waals surface area contributed by atoms with Gasteiger partial charge in [-0.3, -0.25) is 9.59 Å². The lowest BCUT2D eigenvalue weighted by atomic mass is 9.89. The Morgan fingerprint density at radius 3 is 2.88 bits per heavy atom. The minimum absolute atomic E-state index is 0.0389. The maximum Gasteiger partial charge on any atom is 0.304 e. The number of carboxylic acid groups (broad SMARTS) is 1.